The van der Waals surface area contributed by atoms with Crippen LogP contribution in [-0.4, -0.2) is 89.5 Å². The Bertz CT molecular complexity index is 1200. The van der Waals surface area contributed by atoms with Gasteiger partial charge in [-0.1, -0.05) is 6.92 Å². The quantitative estimate of drug-likeness (QED) is 0.392. The van der Waals surface area contributed by atoms with E-state index in [9.17, 15) is 27.9 Å². The maximum atomic E-state index is 14.1. The van der Waals surface area contributed by atoms with Crippen molar-refractivity contribution in [1.29, 1.82) is 0 Å². The topological polar surface area (TPSA) is 104 Å². The Hall–Kier alpha value is -3.22. The maximum absolute atomic E-state index is 14.1. The number of anilines is 1. The van der Waals surface area contributed by atoms with E-state index in [1.54, 1.807) is 30.3 Å². The number of carbonyl (C=O) groups excluding carboxylic acids is 2. The summed E-state index contributed by atoms with van der Waals surface area (Å²) in [6.07, 6.45) is -0.977. The standard InChI is InChI=1S/C32H45F3N4O5/c1-22-18-39(23(2)21-40)31(42)27-17-26(37-30(41)10-13-32(33,34)35)8-9-28(27)44-24(3)7-5-6-16-43-29(22)20-38(4)19-25-11-14-36-15-12-25/h8-9,11-12,14-15,17,22-24,29,40H,5-7,10,13,16,18-21H2,1-4H3,(H,37,41)/t22-,23-,24+,29+/m1/s1. The van der Waals surface area contributed by atoms with Crippen molar-refractivity contribution < 1.29 is 37.3 Å². The maximum Gasteiger partial charge on any atom is 0.389 e. The van der Waals surface area contributed by atoms with E-state index in [0.717, 1.165) is 18.4 Å². The van der Waals surface area contributed by atoms with Crippen LogP contribution in [0, 0.1) is 5.92 Å². The van der Waals surface area contributed by atoms with E-state index in [1.165, 1.54) is 12.1 Å². The number of nitrogens with one attached hydrogen (secondary N) is 1. The van der Waals surface area contributed by atoms with E-state index in [-0.39, 0.29) is 42.5 Å². The van der Waals surface area contributed by atoms with E-state index >= 15 is 0 Å². The number of nitrogens with zero attached hydrogens (tertiary/aromatic N) is 3. The fraction of sp³-hybridized carbons (Fsp3) is 0.594. The first-order valence-corrected chi connectivity index (χ1v) is 15.1. The molecule has 0 spiro atoms. The van der Waals surface area contributed by atoms with Gasteiger partial charge in [0, 0.05) is 56.7 Å². The van der Waals surface area contributed by atoms with Crippen molar-refractivity contribution in [2.75, 3.05) is 38.7 Å². The van der Waals surface area contributed by atoms with Crippen LogP contribution in [0.3, 0.4) is 0 Å². The van der Waals surface area contributed by atoms with Gasteiger partial charge in [-0.15, -0.1) is 0 Å². The number of hydrogen-bond acceptors (Lipinski definition) is 7. The highest BCUT2D eigenvalue weighted by Crippen LogP contribution is 2.29. The molecule has 244 valence electrons. The molecule has 0 radical (unpaired) electrons. The van der Waals surface area contributed by atoms with Crippen molar-refractivity contribution in [3.63, 3.8) is 0 Å². The minimum Gasteiger partial charge on any atom is -0.490 e. The highest BCUT2D eigenvalue weighted by molar-refractivity contribution is 5.99. The number of carbonyl (C=O) groups is 2. The monoisotopic (exact) mass is 622 g/mol. The van der Waals surface area contributed by atoms with Gasteiger partial charge in [0.2, 0.25) is 5.91 Å². The molecule has 0 saturated heterocycles. The van der Waals surface area contributed by atoms with Gasteiger partial charge in [0.25, 0.3) is 5.91 Å². The fourth-order valence-corrected chi connectivity index (χ4v) is 5.11. The van der Waals surface area contributed by atoms with Crippen molar-refractivity contribution >= 4 is 17.5 Å². The van der Waals surface area contributed by atoms with Crippen LogP contribution in [0.25, 0.3) is 0 Å². The highest BCUT2D eigenvalue weighted by Gasteiger charge is 2.31. The van der Waals surface area contributed by atoms with Crippen LogP contribution in [-0.2, 0) is 16.1 Å². The van der Waals surface area contributed by atoms with Crippen molar-refractivity contribution in [3.8, 4) is 5.75 Å². The van der Waals surface area contributed by atoms with Crippen molar-refractivity contribution in [1.82, 2.24) is 14.8 Å². The molecule has 1 aromatic carbocycles. The summed E-state index contributed by atoms with van der Waals surface area (Å²) in [5.41, 5.74) is 1.46. The molecule has 2 N–H and O–H groups in total. The highest BCUT2D eigenvalue weighted by atomic mass is 19.4. The van der Waals surface area contributed by atoms with Gasteiger partial charge in [-0.3, -0.25) is 19.5 Å². The van der Waals surface area contributed by atoms with Crippen molar-refractivity contribution in [2.45, 2.75) is 83.8 Å². The lowest BCUT2D eigenvalue weighted by Gasteiger charge is -2.36. The van der Waals surface area contributed by atoms with Gasteiger partial charge in [0.15, 0.2) is 0 Å². The number of fused-ring (bicyclic) bond motifs is 1. The van der Waals surface area contributed by atoms with Gasteiger partial charge < -0.3 is 24.8 Å². The average molecular weight is 623 g/mol. The van der Waals surface area contributed by atoms with Crippen LogP contribution in [0.4, 0.5) is 18.9 Å². The summed E-state index contributed by atoms with van der Waals surface area (Å²) in [7, 11) is 2.01. The van der Waals surface area contributed by atoms with E-state index in [0.29, 0.717) is 31.9 Å². The largest absolute Gasteiger partial charge is 0.490 e. The summed E-state index contributed by atoms with van der Waals surface area (Å²) in [5.74, 6) is -1.05. The molecule has 1 aliphatic rings. The molecule has 3 rings (SSSR count). The lowest BCUT2D eigenvalue weighted by Crippen LogP contribution is -2.47. The van der Waals surface area contributed by atoms with Crippen LogP contribution in [0.15, 0.2) is 42.7 Å². The molecule has 2 amide bonds. The van der Waals surface area contributed by atoms with Gasteiger partial charge in [-0.05, 0) is 76.1 Å². The van der Waals surface area contributed by atoms with E-state index in [2.05, 4.69) is 15.2 Å². The predicted molar refractivity (Wildman–Crippen MR) is 161 cm³/mol. The van der Waals surface area contributed by atoms with Crippen LogP contribution in [0.1, 0.15) is 68.8 Å². The summed E-state index contributed by atoms with van der Waals surface area (Å²) >= 11 is 0. The van der Waals surface area contributed by atoms with Crippen molar-refractivity contribution in [3.05, 3.63) is 53.9 Å². The Morgan fingerprint density at radius 1 is 1.20 bits per heavy atom. The number of ether oxygens (including phenoxy) is 2. The molecular formula is C32H45F3N4O5. The van der Waals surface area contributed by atoms with E-state index in [4.69, 9.17) is 9.47 Å². The third-order valence-electron chi connectivity index (χ3n) is 7.66. The summed E-state index contributed by atoms with van der Waals surface area (Å²) < 4.78 is 50.5. The summed E-state index contributed by atoms with van der Waals surface area (Å²) in [5, 5.41) is 12.6. The molecule has 9 nitrogen and oxygen atoms in total. The number of alkyl halides is 3. The third-order valence-corrected chi connectivity index (χ3v) is 7.66. The predicted octanol–water partition coefficient (Wildman–Crippen LogP) is 5.29. The minimum absolute atomic E-state index is 0.121. The number of amides is 2. The average Bonchev–Trinajstić information content (AvgIpc) is 2.97. The van der Waals surface area contributed by atoms with E-state index < -0.39 is 36.9 Å². The fourth-order valence-electron chi connectivity index (χ4n) is 5.11. The number of aliphatic hydroxyl groups is 1. The summed E-state index contributed by atoms with van der Waals surface area (Å²) in [4.78, 5) is 34.2. The van der Waals surface area contributed by atoms with Gasteiger partial charge in [-0.25, -0.2) is 0 Å². The molecule has 0 unspecified atom stereocenters. The molecule has 2 aromatic rings. The molecule has 0 aliphatic carbocycles. The van der Waals surface area contributed by atoms with Gasteiger partial charge >= 0.3 is 6.18 Å². The summed E-state index contributed by atoms with van der Waals surface area (Å²) in [6, 6.07) is 7.87. The lowest BCUT2D eigenvalue weighted by atomic mass is 10.0. The van der Waals surface area contributed by atoms with Crippen LogP contribution in [0.2, 0.25) is 0 Å². The molecule has 2 heterocycles. The third kappa shape index (κ3) is 11.4. The minimum atomic E-state index is -4.46. The number of hydrogen-bond donors (Lipinski definition) is 2. The molecule has 4 atom stereocenters. The SMILES string of the molecule is C[C@@H]1CN([C@H](C)CO)C(=O)c2cc(NC(=O)CCC(F)(F)F)ccc2O[C@@H](C)CCCCO[C@H]1CN(C)Cc1ccncc1. The van der Waals surface area contributed by atoms with Gasteiger partial charge in [-0.2, -0.15) is 13.2 Å². The first-order valence-electron chi connectivity index (χ1n) is 15.1. The van der Waals surface area contributed by atoms with Gasteiger partial charge in [0.1, 0.15) is 5.75 Å². The molecule has 44 heavy (non-hydrogen) atoms. The zero-order valence-electron chi connectivity index (χ0n) is 26.0. The first-order chi connectivity index (χ1) is 20.9. The second kappa shape index (κ2) is 16.7. The first kappa shape index (κ1) is 35.3. The van der Waals surface area contributed by atoms with E-state index in [1.807, 2.05) is 33.0 Å². The molecule has 1 aromatic heterocycles. The van der Waals surface area contributed by atoms with Crippen LogP contribution in [0.5, 0.6) is 5.75 Å². The summed E-state index contributed by atoms with van der Waals surface area (Å²) in [6.45, 7) is 7.51. The van der Waals surface area contributed by atoms with Crippen LogP contribution < -0.4 is 10.1 Å². The normalized spacial score (nSPS) is 21.2. The van der Waals surface area contributed by atoms with Crippen LogP contribution >= 0.6 is 0 Å². The number of pyridine rings is 1. The Balaban J connectivity index is 1.89. The number of aliphatic hydroxyl groups excluding tert-OH is 1. The number of benzene rings is 1. The Morgan fingerprint density at radius 2 is 1.93 bits per heavy atom. The molecule has 1 aliphatic heterocycles. The van der Waals surface area contributed by atoms with Gasteiger partial charge in [0.05, 0.1) is 36.8 Å². The molecule has 0 fully saturated rings. The Morgan fingerprint density at radius 3 is 2.61 bits per heavy atom. The molecular weight excluding hydrogens is 577 g/mol. The Labute approximate surface area is 257 Å². The zero-order chi connectivity index (χ0) is 32.3. The molecule has 12 heteroatoms. The smallest absolute Gasteiger partial charge is 0.389 e. The second-order valence-corrected chi connectivity index (χ2v) is 11.7. The number of rotatable bonds is 9. The number of likely N-dealkylation sites (N-methyl/N-ethyl adjacent to an activating group) is 1. The second-order valence-electron chi connectivity index (χ2n) is 11.7. The zero-order valence-corrected chi connectivity index (χ0v) is 26.0. The molecule has 0 saturated carbocycles. The lowest BCUT2D eigenvalue weighted by molar-refractivity contribution is -0.142. The number of halogens is 3. The van der Waals surface area contributed by atoms with Crippen molar-refractivity contribution in [2.24, 2.45) is 5.92 Å². The number of aromatic nitrogens is 1. The molecule has 0 bridgehead atoms. The Kier molecular flexibility index (Phi) is 13.4.